The molecule has 0 spiro atoms. The summed E-state index contributed by atoms with van der Waals surface area (Å²) >= 11 is 0. The highest BCUT2D eigenvalue weighted by atomic mass is 19.1. The van der Waals surface area contributed by atoms with Gasteiger partial charge in [0, 0.05) is 32.1 Å². The molecule has 152 valence electrons. The van der Waals surface area contributed by atoms with Crippen LogP contribution in [0.25, 0.3) is 0 Å². The lowest BCUT2D eigenvalue weighted by molar-refractivity contribution is -0.139. The summed E-state index contributed by atoms with van der Waals surface area (Å²) in [5.41, 5.74) is 0.217. The van der Waals surface area contributed by atoms with Crippen molar-refractivity contribution in [1.82, 2.24) is 9.80 Å². The minimum absolute atomic E-state index is 0.0205. The van der Waals surface area contributed by atoms with E-state index in [0.29, 0.717) is 19.5 Å². The molecule has 2 unspecified atom stereocenters. The average Bonchev–Trinajstić information content (AvgIpc) is 2.87. The number of likely N-dealkylation sites (tertiary alicyclic amines) is 1. The predicted octanol–water partition coefficient (Wildman–Crippen LogP) is 1.58. The van der Waals surface area contributed by atoms with E-state index in [-0.39, 0.29) is 43.1 Å². The number of hydrogen-bond acceptors (Lipinski definition) is 4. The molecule has 0 aliphatic carbocycles. The summed E-state index contributed by atoms with van der Waals surface area (Å²) in [7, 11) is 1.79. The van der Waals surface area contributed by atoms with Crippen LogP contribution in [-0.4, -0.2) is 72.0 Å². The summed E-state index contributed by atoms with van der Waals surface area (Å²) in [5.74, 6) is -2.12. The average molecular weight is 391 g/mol. The second kappa shape index (κ2) is 8.68. The number of aliphatic carboxylic acids is 1. The highest BCUT2D eigenvalue weighted by Crippen LogP contribution is 2.29. The third kappa shape index (κ3) is 4.49. The number of likely N-dealkylation sites (N-methyl/N-ethyl adjacent to an activating group) is 1. The Morgan fingerprint density at radius 3 is 2.71 bits per heavy atom. The van der Waals surface area contributed by atoms with Crippen LogP contribution in [0.2, 0.25) is 0 Å². The number of anilines is 1. The molecular formula is C20H26FN3O4. The molecule has 2 atom stereocenters. The predicted molar refractivity (Wildman–Crippen MR) is 101 cm³/mol. The largest absolute Gasteiger partial charge is 0.480 e. The normalized spacial score (nSPS) is 23.2. The van der Waals surface area contributed by atoms with Crippen LogP contribution in [0.5, 0.6) is 0 Å². The lowest BCUT2D eigenvalue weighted by Crippen LogP contribution is -2.40. The van der Waals surface area contributed by atoms with Gasteiger partial charge in [-0.25, -0.2) is 4.39 Å². The lowest BCUT2D eigenvalue weighted by Gasteiger charge is -2.26. The maximum Gasteiger partial charge on any atom is 0.317 e. The lowest BCUT2D eigenvalue weighted by atomic mass is 10.1. The number of benzene rings is 1. The van der Waals surface area contributed by atoms with Crippen LogP contribution in [0.1, 0.15) is 25.7 Å². The van der Waals surface area contributed by atoms with Crippen molar-refractivity contribution in [3.8, 4) is 0 Å². The van der Waals surface area contributed by atoms with Crippen molar-refractivity contribution >= 4 is 23.5 Å². The standard InChI is InChI=1S/C20H26FN3O4/c1-22(13-19(26)27)15-5-4-9-23(10-8-15)20(28)14-11-18(25)24(12-14)17-7-3-2-6-16(17)21/h2-3,6-7,14-15H,4-5,8-13H2,1H3,(H,26,27). The summed E-state index contributed by atoms with van der Waals surface area (Å²) < 4.78 is 14.0. The summed E-state index contributed by atoms with van der Waals surface area (Å²) in [6, 6.07) is 6.21. The fraction of sp³-hybridized carbons (Fsp3) is 0.550. The van der Waals surface area contributed by atoms with E-state index in [0.717, 1.165) is 12.8 Å². The molecule has 0 bridgehead atoms. The molecule has 1 N–H and O–H groups in total. The summed E-state index contributed by atoms with van der Waals surface area (Å²) in [6.07, 6.45) is 2.41. The van der Waals surface area contributed by atoms with Gasteiger partial charge in [0.15, 0.2) is 0 Å². The fourth-order valence-corrected chi connectivity index (χ4v) is 4.12. The van der Waals surface area contributed by atoms with E-state index in [4.69, 9.17) is 5.11 Å². The van der Waals surface area contributed by atoms with Crippen LogP contribution in [0, 0.1) is 11.7 Å². The van der Waals surface area contributed by atoms with Crippen LogP contribution in [0.15, 0.2) is 24.3 Å². The van der Waals surface area contributed by atoms with E-state index in [1.54, 1.807) is 30.1 Å². The highest BCUT2D eigenvalue weighted by molar-refractivity contribution is 6.00. The Hall–Kier alpha value is -2.48. The van der Waals surface area contributed by atoms with E-state index in [1.165, 1.54) is 11.0 Å². The van der Waals surface area contributed by atoms with Crippen molar-refractivity contribution in [1.29, 1.82) is 0 Å². The molecule has 2 aliphatic rings. The van der Waals surface area contributed by atoms with Crippen LogP contribution in [-0.2, 0) is 14.4 Å². The van der Waals surface area contributed by atoms with E-state index in [1.807, 2.05) is 4.90 Å². The molecule has 8 heteroatoms. The van der Waals surface area contributed by atoms with Gasteiger partial charge >= 0.3 is 5.97 Å². The number of carbonyl (C=O) groups excluding carboxylic acids is 2. The number of amides is 2. The Kier molecular flexibility index (Phi) is 6.28. The van der Waals surface area contributed by atoms with Crippen molar-refractivity contribution < 1.29 is 23.9 Å². The molecule has 2 saturated heterocycles. The fourth-order valence-electron chi connectivity index (χ4n) is 4.12. The number of carboxylic acids is 1. The first kappa shape index (κ1) is 20.3. The molecule has 2 heterocycles. The number of halogens is 1. The van der Waals surface area contributed by atoms with E-state index in [2.05, 4.69) is 0 Å². The van der Waals surface area contributed by atoms with Gasteiger partial charge in [-0.15, -0.1) is 0 Å². The van der Waals surface area contributed by atoms with Crippen molar-refractivity contribution in [3.63, 3.8) is 0 Å². The van der Waals surface area contributed by atoms with Gasteiger partial charge in [-0.1, -0.05) is 12.1 Å². The number of rotatable bonds is 5. The van der Waals surface area contributed by atoms with Crippen LogP contribution in [0.3, 0.4) is 0 Å². The van der Waals surface area contributed by atoms with Crippen molar-refractivity contribution in [2.24, 2.45) is 5.92 Å². The highest BCUT2D eigenvalue weighted by Gasteiger charge is 2.38. The Morgan fingerprint density at radius 2 is 2.00 bits per heavy atom. The third-order valence-electron chi connectivity index (χ3n) is 5.63. The molecule has 2 aliphatic heterocycles. The smallest absolute Gasteiger partial charge is 0.317 e. The molecule has 0 radical (unpaired) electrons. The number of carboxylic acid groups (broad SMARTS) is 1. The minimum atomic E-state index is -0.864. The van der Waals surface area contributed by atoms with E-state index < -0.39 is 17.7 Å². The first-order valence-corrected chi connectivity index (χ1v) is 9.62. The van der Waals surface area contributed by atoms with Gasteiger partial charge in [0.05, 0.1) is 18.2 Å². The Balaban J connectivity index is 1.61. The first-order chi connectivity index (χ1) is 13.4. The maximum atomic E-state index is 14.0. The van der Waals surface area contributed by atoms with Gasteiger partial charge in [0.1, 0.15) is 5.82 Å². The van der Waals surface area contributed by atoms with Gasteiger partial charge in [-0.3, -0.25) is 19.3 Å². The summed E-state index contributed by atoms with van der Waals surface area (Å²) in [4.78, 5) is 41.2. The Morgan fingerprint density at radius 1 is 1.25 bits per heavy atom. The Labute approximate surface area is 163 Å². The first-order valence-electron chi connectivity index (χ1n) is 9.62. The van der Waals surface area contributed by atoms with Crippen LogP contribution in [0.4, 0.5) is 10.1 Å². The molecular weight excluding hydrogens is 365 g/mol. The van der Waals surface area contributed by atoms with Crippen LogP contribution >= 0.6 is 0 Å². The van der Waals surface area contributed by atoms with E-state index in [9.17, 15) is 18.8 Å². The molecule has 0 saturated carbocycles. The number of carbonyl (C=O) groups is 3. The molecule has 1 aromatic rings. The molecule has 3 rings (SSSR count). The molecule has 2 fully saturated rings. The van der Waals surface area contributed by atoms with Crippen molar-refractivity contribution in [2.75, 3.05) is 38.1 Å². The number of hydrogen-bond donors (Lipinski definition) is 1. The van der Waals surface area contributed by atoms with Crippen molar-refractivity contribution in [2.45, 2.75) is 31.7 Å². The topological polar surface area (TPSA) is 81.2 Å². The molecule has 2 amide bonds. The van der Waals surface area contributed by atoms with Gasteiger partial charge < -0.3 is 14.9 Å². The molecule has 28 heavy (non-hydrogen) atoms. The summed E-state index contributed by atoms with van der Waals surface area (Å²) in [6.45, 7) is 1.31. The second-order valence-electron chi connectivity index (χ2n) is 7.58. The zero-order valence-corrected chi connectivity index (χ0v) is 16.0. The minimum Gasteiger partial charge on any atom is -0.480 e. The zero-order valence-electron chi connectivity index (χ0n) is 16.0. The number of nitrogens with zero attached hydrogens (tertiary/aromatic N) is 3. The summed E-state index contributed by atoms with van der Waals surface area (Å²) in [5, 5.41) is 8.96. The monoisotopic (exact) mass is 391 g/mol. The maximum absolute atomic E-state index is 14.0. The molecule has 1 aromatic carbocycles. The second-order valence-corrected chi connectivity index (χ2v) is 7.58. The van der Waals surface area contributed by atoms with Gasteiger partial charge in [-0.05, 0) is 38.4 Å². The van der Waals surface area contributed by atoms with E-state index >= 15 is 0 Å². The van der Waals surface area contributed by atoms with Gasteiger partial charge in [-0.2, -0.15) is 0 Å². The third-order valence-corrected chi connectivity index (χ3v) is 5.63. The van der Waals surface area contributed by atoms with Gasteiger partial charge in [0.25, 0.3) is 0 Å². The Bertz CT molecular complexity index is 757. The quantitative estimate of drug-likeness (QED) is 0.824. The van der Waals surface area contributed by atoms with Crippen molar-refractivity contribution in [3.05, 3.63) is 30.1 Å². The SMILES string of the molecule is CN(CC(=O)O)C1CCCN(C(=O)C2CC(=O)N(c3ccccc3F)C2)CC1. The van der Waals surface area contributed by atoms with Crippen LogP contribution < -0.4 is 4.90 Å². The molecule has 7 nitrogen and oxygen atoms in total. The number of para-hydroxylation sites is 1. The zero-order chi connectivity index (χ0) is 20.3. The van der Waals surface area contributed by atoms with Gasteiger partial charge in [0.2, 0.25) is 11.8 Å². The molecule has 0 aromatic heterocycles.